The molecule has 2 fully saturated rings. The van der Waals surface area contributed by atoms with Crippen LogP contribution in [0.2, 0.25) is 0 Å². The lowest BCUT2D eigenvalue weighted by atomic mass is 9.88. The summed E-state index contributed by atoms with van der Waals surface area (Å²) in [5, 5.41) is 10.2. The Labute approximate surface area is 123 Å². The number of β-amino-alcohol motifs (C(OH)–C–C–N with tert-alkyl or cyclic N) is 1. The number of aromatic amines is 1. The second-order valence-electron chi connectivity index (χ2n) is 6.33. The van der Waals surface area contributed by atoms with E-state index in [2.05, 4.69) is 9.97 Å². The highest BCUT2D eigenvalue weighted by Gasteiger charge is 2.52. The number of aryl methyl sites for hydroxylation is 1. The van der Waals surface area contributed by atoms with Crippen LogP contribution in [-0.4, -0.2) is 44.6 Å². The quantitative estimate of drug-likeness (QED) is 0.894. The molecule has 2 N–H and O–H groups in total. The van der Waals surface area contributed by atoms with E-state index in [1.165, 1.54) is 0 Å². The maximum atomic E-state index is 12.1. The third-order valence-corrected chi connectivity index (χ3v) is 4.63. The Kier molecular flexibility index (Phi) is 2.79. The van der Waals surface area contributed by atoms with Gasteiger partial charge in [0.15, 0.2) is 0 Å². The largest absolute Gasteiger partial charge is 0.386 e. The summed E-state index contributed by atoms with van der Waals surface area (Å²) < 4.78 is 0. The number of para-hydroxylation sites is 2. The van der Waals surface area contributed by atoms with E-state index in [1.807, 2.05) is 24.3 Å². The average Bonchev–Trinajstić information content (AvgIpc) is 3.21. The van der Waals surface area contributed by atoms with Gasteiger partial charge < -0.3 is 15.0 Å². The summed E-state index contributed by atoms with van der Waals surface area (Å²) in [5.41, 5.74) is 1.36. The number of hydrogen-bond acceptors (Lipinski definition) is 3. The second-order valence-corrected chi connectivity index (χ2v) is 6.33. The molecule has 1 aliphatic carbocycles. The van der Waals surface area contributed by atoms with E-state index >= 15 is 0 Å². The van der Waals surface area contributed by atoms with E-state index in [-0.39, 0.29) is 5.91 Å². The summed E-state index contributed by atoms with van der Waals surface area (Å²) in [5.74, 6) is 1.39. The molecule has 0 radical (unpaired) electrons. The molecule has 0 unspecified atom stereocenters. The standard InChI is InChI=1S/C16H19N3O2/c20-15(19-9-16(21,10-19)11-5-6-11)8-7-14-17-12-3-1-2-4-13(12)18-14/h1-4,11,21H,5-10H2,(H,17,18). The molecule has 0 spiro atoms. The highest BCUT2D eigenvalue weighted by Crippen LogP contribution is 2.44. The Morgan fingerprint density at radius 3 is 2.86 bits per heavy atom. The number of likely N-dealkylation sites (tertiary alicyclic amines) is 1. The predicted octanol–water partition coefficient (Wildman–Crippen LogP) is 1.48. The van der Waals surface area contributed by atoms with Crippen LogP contribution in [0, 0.1) is 5.92 Å². The number of aromatic nitrogens is 2. The zero-order valence-electron chi connectivity index (χ0n) is 11.9. The molecule has 0 atom stereocenters. The van der Waals surface area contributed by atoms with E-state index in [1.54, 1.807) is 4.90 Å². The molecular weight excluding hydrogens is 266 g/mol. The zero-order chi connectivity index (χ0) is 14.4. The first-order valence-electron chi connectivity index (χ1n) is 7.58. The van der Waals surface area contributed by atoms with Gasteiger partial charge in [-0.3, -0.25) is 4.79 Å². The Morgan fingerprint density at radius 2 is 2.14 bits per heavy atom. The summed E-state index contributed by atoms with van der Waals surface area (Å²) >= 11 is 0. The maximum Gasteiger partial charge on any atom is 0.223 e. The number of nitrogens with one attached hydrogen (secondary N) is 1. The number of amides is 1. The fraction of sp³-hybridized carbons (Fsp3) is 0.500. The van der Waals surface area contributed by atoms with Crippen LogP contribution < -0.4 is 0 Å². The van der Waals surface area contributed by atoms with Gasteiger partial charge in [0.2, 0.25) is 5.91 Å². The van der Waals surface area contributed by atoms with Crippen molar-refractivity contribution in [3.63, 3.8) is 0 Å². The summed E-state index contributed by atoms with van der Waals surface area (Å²) in [6, 6.07) is 7.87. The van der Waals surface area contributed by atoms with Crippen LogP contribution in [0.25, 0.3) is 11.0 Å². The minimum absolute atomic E-state index is 0.112. The number of hydrogen-bond donors (Lipinski definition) is 2. The van der Waals surface area contributed by atoms with Gasteiger partial charge in [0, 0.05) is 12.8 Å². The molecule has 4 rings (SSSR count). The summed E-state index contributed by atoms with van der Waals surface area (Å²) in [7, 11) is 0. The number of fused-ring (bicyclic) bond motifs is 1. The van der Waals surface area contributed by atoms with Crippen molar-refractivity contribution in [2.75, 3.05) is 13.1 Å². The molecule has 1 aromatic heterocycles. The third kappa shape index (κ3) is 2.31. The van der Waals surface area contributed by atoms with E-state index < -0.39 is 5.60 Å². The molecular formula is C16H19N3O2. The second kappa shape index (κ2) is 4.56. The molecule has 1 amide bonds. The molecule has 1 aliphatic heterocycles. The number of carbonyl (C=O) groups is 1. The normalized spacial score (nSPS) is 20.5. The van der Waals surface area contributed by atoms with Crippen molar-refractivity contribution in [1.29, 1.82) is 0 Å². The Hall–Kier alpha value is -1.88. The number of imidazole rings is 1. The highest BCUT2D eigenvalue weighted by molar-refractivity contribution is 5.78. The first-order valence-corrected chi connectivity index (χ1v) is 7.58. The van der Waals surface area contributed by atoms with Crippen molar-refractivity contribution in [3.05, 3.63) is 30.1 Å². The van der Waals surface area contributed by atoms with E-state index in [9.17, 15) is 9.90 Å². The van der Waals surface area contributed by atoms with Crippen LogP contribution in [0.5, 0.6) is 0 Å². The molecule has 1 aromatic carbocycles. The Bertz CT molecular complexity index is 651. The first kappa shape index (κ1) is 12.8. The van der Waals surface area contributed by atoms with Crippen molar-refractivity contribution in [3.8, 4) is 0 Å². The number of carbonyl (C=O) groups excluding carboxylic acids is 1. The van der Waals surface area contributed by atoms with Gasteiger partial charge in [-0.2, -0.15) is 0 Å². The van der Waals surface area contributed by atoms with Gasteiger partial charge in [-0.25, -0.2) is 4.98 Å². The van der Waals surface area contributed by atoms with E-state index in [0.29, 0.717) is 31.8 Å². The summed E-state index contributed by atoms with van der Waals surface area (Å²) in [4.78, 5) is 21.6. The molecule has 0 bridgehead atoms. The lowest BCUT2D eigenvalue weighted by molar-refractivity contribution is -0.159. The average molecular weight is 285 g/mol. The summed E-state index contributed by atoms with van der Waals surface area (Å²) in [6.07, 6.45) is 3.28. The topological polar surface area (TPSA) is 69.2 Å². The smallest absolute Gasteiger partial charge is 0.223 e. The first-order chi connectivity index (χ1) is 10.1. The minimum Gasteiger partial charge on any atom is -0.386 e. The van der Waals surface area contributed by atoms with Crippen LogP contribution in [0.15, 0.2) is 24.3 Å². The summed E-state index contributed by atoms with van der Waals surface area (Å²) in [6.45, 7) is 1.02. The lowest BCUT2D eigenvalue weighted by Crippen LogP contribution is -2.64. The van der Waals surface area contributed by atoms with Gasteiger partial charge in [-0.15, -0.1) is 0 Å². The number of aliphatic hydroxyl groups is 1. The van der Waals surface area contributed by atoms with Crippen molar-refractivity contribution in [2.45, 2.75) is 31.3 Å². The van der Waals surface area contributed by atoms with Crippen LogP contribution in [0.3, 0.4) is 0 Å². The van der Waals surface area contributed by atoms with E-state index in [4.69, 9.17) is 0 Å². The molecule has 2 aromatic rings. The fourth-order valence-corrected chi connectivity index (χ4v) is 3.18. The number of rotatable bonds is 4. The van der Waals surface area contributed by atoms with Crippen LogP contribution in [-0.2, 0) is 11.2 Å². The number of nitrogens with zero attached hydrogens (tertiary/aromatic N) is 2. The van der Waals surface area contributed by atoms with Crippen LogP contribution in [0.4, 0.5) is 0 Å². The van der Waals surface area contributed by atoms with Gasteiger partial charge in [0.25, 0.3) is 0 Å². The molecule has 2 aliphatic rings. The maximum absolute atomic E-state index is 12.1. The van der Waals surface area contributed by atoms with Gasteiger partial charge in [0.05, 0.1) is 24.1 Å². The zero-order valence-corrected chi connectivity index (χ0v) is 11.9. The molecule has 5 heteroatoms. The predicted molar refractivity (Wildman–Crippen MR) is 78.7 cm³/mol. The Morgan fingerprint density at radius 1 is 1.38 bits per heavy atom. The van der Waals surface area contributed by atoms with Crippen molar-refractivity contribution in [2.24, 2.45) is 5.92 Å². The molecule has 2 heterocycles. The van der Waals surface area contributed by atoms with Crippen molar-refractivity contribution >= 4 is 16.9 Å². The fourth-order valence-electron chi connectivity index (χ4n) is 3.18. The molecule has 1 saturated heterocycles. The van der Waals surface area contributed by atoms with Crippen molar-refractivity contribution in [1.82, 2.24) is 14.9 Å². The van der Waals surface area contributed by atoms with Gasteiger partial charge in [0.1, 0.15) is 11.4 Å². The monoisotopic (exact) mass is 285 g/mol. The van der Waals surface area contributed by atoms with Gasteiger partial charge in [-0.1, -0.05) is 12.1 Å². The SMILES string of the molecule is O=C(CCc1nc2ccccc2[nH]1)N1CC(O)(C2CC2)C1. The molecule has 21 heavy (non-hydrogen) atoms. The molecule has 110 valence electrons. The highest BCUT2D eigenvalue weighted by atomic mass is 16.3. The van der Waals surface area contributed by atoms with E-state index in [0.717, 1.165) is 29.7 Å². The molecule has 1 saturated carbocycles. The van der Waals surface area contributed by atoms with Crippen molar-refractivity contribution < 1.29 is 9.90 Å². The van der Waals surface area contributed by atoms with Crippen LogP contribution >= 0.6 is 0 Å². The van der Waals surface area contributed by atoms with Crippen LogP contribution in [0.1, 0.15) is 25.1 Å². The third-order valence-electron chi connectivity index (χ3n) is 4.63. The Balaban J connectivity index is 1.33. The number of benzene rings is 1. The lowest BCUT2D eigenvalue weighted by Gasteiger charge is -2.47. The molecule has 5 nitrogen and oxygen atoms in total. The minimum atomic E-state index is -0.588. The number of H-pyrrole nitrogens is 1. The van der Waals surface area contributed by atoms with Gasteiger partial charge >= 0.3 is 0 Å². The van der Waals surface area contributed by atoms with Gasteiger partial charge in [-0.05, 0) is 30.9 Å².